The smallest absolute Gasteiger partial charge is 0.335 e. The maximum Gasteiger partial charge on any atom is 0.335 e. The van der Waals surface area contributed by atoms with Crippen LogP contribution in [0.4, 0.5) is 15.8 Å². The Balaban J connectivity index is 1.54. The lowest BCUT2D eigenvalue weighted by atomic mass is 9.74. The molecule has 0 aliphatic carbocycles. The minimum absolute atomic E-state index is 0.0720. The summed E-state index contributed by atoms with van der Waals surface area (Å²) in [5, 5.41) is 12.9. The fourth-order valence-electron chi connectivity index (χ4n) is 7.05. The van der Waals surface area contributed by atoms with Crippen molar-refractivity contribution in [2.75, 3.05) is 23.4 Å². The Morgan fingerprint density at radius 3 is 2.63 bits per heavy atom. The van der Waals surface area contributed by atoms with Crippen molar-refractivity contribution in [3.63, 3.8) is 0 Å². The Morgan fingerprint density at radius 2 is 1.93 bits per heavy atom. The number of hydrogen-bond donors (Lipinski definition) is 2. The number of ether oxygens (including phenoxy) is 1. The van der Waals surface area contributed by atoms with E-state index >= 15 is 4.39 Å². The molecule has 3 aliphatic heterocycles. The van der Waals surface area contributed by atoms with Crippen LogP contribution in [0.3, 0.4) is 0 Å². The molecule has 6 rings (SSSR count). The van der Waals surface area contributed by atoms with Crippen molar-refractivity contribution >= 4 is 52.4 Å². The first-order chi connectivity index (χ1) is 22.1. The maximum atomic E-state index is 16.8. The first-order valence-electron chi connectivity index (χ1n) is 14.7. The van der Waals surface area contributed by atoms with E-state index in [1.807, 2.05) is 36.1 Å². The van der Waals surface area contributed by atoms with Gasteiger partial charge in [0.2, 0.25) is 11.8 Å². The zero-order valence-corrected chi connectivity index (χ0v) is 26.3. The molecule has 0 aromatic heterocycles. The SMILES string of the molecule is C=C(Cl)/C=C\C=C(/F)[C@@H]1[C@H]2C(=O)N(c3ccc(C(=O)O)cc3)C[C@H]2N(Cc2cccc(OCC)c2)[C@]12C(=O)Nc1cc(Cl)ccc12. The molecule has 0 radical (unpaired) electrons. The van der Waals surface area contributed by atoms with Gasteiger partial charge in [-0.25, -0.2) is 9.18 Å². The minimum Gasteiger partial charge on any atom is -0.494 e. The second kappa shape index (κ2) is 12.4. The molecule has 8 nitrogen and oxygen atoms in total. The number of aromatic carboxylic acids is 1. The molecular weight excluding hydrogens is 632 g/mol. The summed E-state index contributed by atoms with van der Waals surface area (Å²) in [7, 11) is 0. The summed E-state index contributed by atoms with van der Waals surface area (Å²) in [4.78, 5) is 43.7. The van der Waals surface area contributed by atoms with E-state index in [-0.39, 0.29) is 29.6 Å². The van der Waals surface area contributed by atoms with E-state index in [1.54, 1.807) is 30.3 Å². The third-order valence-corrected chi connectivity index (χ3v) is 9.16. The number of carbonyl (C=O) groups is 3. The Morgan fingerprint density at radius 1 is 1.17 bits per heavy atom. The monoisotopic (exact) mass is 661 g/mol. The van der Waals surface area contributed by atoms with E-state index < -0.39 is 41.1 Å². The summed E-state index contributed by atoms with van der Waals surface area (Å²) in [5.74, 6) is -4.19. The van der Waals surface area contributed by atoms with Crippen LogP contribution < -0.4 is 15.0 Å². The molecule has 46 heavy (non-hydrogen) atoms. The number of hydrogen-bond acceptors (Lipinski definition) is 5. The first kappa shape index (κ1) is 31.5. The number of nitrogens with one attached hydrogen (secondary N) is 1. The molecule has 2 N–H and O–H groups in total. The molecule has 236 valence electrons. The van der Waals surface area contributed by atoms with Crippen LogP contribution in [0.5, 0.6) is 5.75 Å². The number of likely N-dealkylation sites (tertiary alicyclic amines) is 1. The van der Waals surface area contributed by atoms with Gasteiger partial charge in [-0.15, -0.1) is 0 Å². The average Bonchev–Trinajstić information content (AvgIpc) is 3.60. The molecule has 3 aliphatic rings. The fraction of sp³-hybridized carbons (Fsp3) is 0.229. The van der Waals surface area contributed by atoms with Crippen LogP contribution in [0, 0.1) is 11.8 Å². The Labute approximate surface area is 275 Å². The summed E-state index contributed by atoms with van der Waals surface area (Å²) < 4.78 is 22.5. The van der Waals surface area contributed by atoms with Gasteiger partial charge in [-0.05, 0) is 73.2 Å². The quantitative estimate of drug-likeness (QED) is 0.242. The van der Waals surface area contributed by atoms with Crippen LogP contribution in [-0.4, -0.2) is 47.0 Å². The van der Waals surface area contributed by atoms with E-state index in [0.717, 1.165) is 5.56 Å². The van der Waals surface area contributed by atoms with Crippen molar-refractivity contribution in [1.29, 1.82) is 0 Å². The van der Waals surface area contributed by atoms with Gasteiger partial charge in [-0.3, -0.25) is 14.5 Å². The van der Waals surface area contributed by atoms with Gasteiger partial charge in [0.05, 0.1) is 24.0 Å². The zero-order chi connectivity index (χ0) is 32.7. The van der Waals surface area contributed by atoms with E-state index in [4.69, 9.17) is 27.9 Å². The predicted molar refractivity (Wildman–Crippen MR) is 175 cm³/mol. The molecule has 1 spiro atoms. The second-order valence-electron chi connectivity index (χ2n) is 11.3. The lowest BCUT2D eigenvalue weighted by Gasteiger charge is -2.40. The topological polar surface area (TPSA) is 99.2 Å². The molecule has 2 saturated heterocycles. The van der Waals surface area contributed by atoms with E-state index in [9.17, 15) is 19.5 Å². The van der Waals surface area contributed by atoms with Gasteiger partial charge in [-0.1, -0.05) is 54.1 Å². The van der Waals surface area contributed by atoms with Gasteiger partial charge in [0.1, 0.15) is 17.1 Å². The Kier molecular flexibility index (Phi) is 8.50. The molecule has 3 aromatic rings. The first-order valence-corrected chi connectivity index (χ1v) is 15.4. The number of fused-ring (bicyclic) bond motifs is 3. The van der Waals surface area contributed by atoms with Crippen molar-refractivity contribution < 1.29 is 28.6 Å². The fourth-order valence-corrected chi connectivity index (χ4v) is 7.30. The van der Waals surface area contributed by atoms with Gasteiger partial charge in [-0.2, -0.15) is 0 Å². The van der Waals surface area contributed by atoms with Crippen molar-refractivity contribution in [3.8, 4) is 5.75 Å². The normalized spacial score (nSPS) is 24.0. The Hall–Kier alpha value is -4.44. The van der Waals surface area contributed by atoms with Crippen LogP contribution in [-0.2, 0) is 21.7 Å². The number of halogens is 3. The van der Waals surface area contributed by atoms with Crippen LogP contribution in [0.15, 0.2) is 102 Å². The summed E-state index contributed by atoms with van der Waals surface area (Å²) in [6.07, 6.45) is 4.04. The summed E-state index contributed by atoms with van der Waals surface area (Å²) in [6.45, 7) is 6.28. The highest BCUT2D eigenvalue weighted by atomic mass is 35.5. The standard InChI is InChI=1S/C35H30Cl2FN3O5/c1-3-46-25-8-5-7-21(16-25)18-41-29-19-40(24-13-10-22(11-14-24)33(43)44)32(42)30(29)31(27(38)9-4-6-20(2)36)35(41)26-15-12-23(37)17-28(26)39-34(35)45/h4-17,29-31H,2-3,18-19H2,1H3,(H,39,45)(H,43,44)/b6-4-,27-9-/t29-,30+,31-,35+/m1/s1. The predicted octanol–water partition coefficient (Wildman–Crippen LogP) is 6.91. The largest absolute Gasteiger partial charge is 0.494 e. The van der Waals surface area contributed by atoms with E-state index in [0.29, 0.717) is 34.3 Å². The number of carboxylic acids is 1. The van der Waals surface area contributed by atoms with Crippen LogP contribution in [0.1, 0.15) is 28.4 Å². The molecule has 0 bridgehead atoms. The average molecular weight is 663 g/mol. The minimum atomic E-state index is -1.61. The molecule has 2 fully saturated rings. The number of amides is 2. The highest BCUT2D eigenvalue weighted by Gasteiger charge is 2.71. The summed E-state index contributed by atoms with van der Waals surface area (Å²) >= 11 is 12.2. The zero-order valence-electron chi connectivity index (χ0n) is 24.8. The number of carbonyl (C=O) groups excluding carboxylic acids is 2. The molecule has 3 aromatic carbocycles. The van der Waals surface area contributed by atoms with Crippen molar-refractivity contribution in [2.45, 2.75) is 25.0 Å². The second-order valence-corrected chi connectivity index (χ2v) is 12.3. The summed E-state index contributed by atoms with van der Waals surface area (Å²) in [6, 6.07) is 17.8. The lowest BCUT2D eigenvalue weighted by Crippen LogP contribution is -2.54. The van der Waals surface area contributed by atoms with Gasteiger partial charge in [0.25, 0.3) is 0 Å². The molecule has 0 saturated carbocycles. The highest BCUT2D eigenvalue weighted by Crippen LogP contribution is 2.60. The molecule has 4 atom stereocenters. The molecule has 11 heteroatoms. The number of benzene rings is 3. The van der Waals surface area contributed by atoms with Crippen molar-refractivity contribution in [3.05, 3.63) is 124 Å². The molecule has 0 unspecified atom stereocenters. The number of anilines is 2. The molecular formula is C35H30Cl2FN3O5. The molecule has 3 heterocycles. The molecule has 2 amide bonds. The third-order valence-electron chi connectivity index (χ3n) is 8.80. The number of rotatable bonds is 9. The van der Waals surface area contributed by atoms with E-state index in [2.05, 4.69) is 11.9 Å². The van der Waals surface area contributed by atoms with Gasteiger partial charge in [0, 0.05) is 46.1 Å². The van der Waals surface area contributed by atoms with Gasteiger partial charge < -0.3 is 20.1 Å². The van der Waals surface area contributed by atoms with Crippen LogP contribution in [0.2, 0.25) is 5.02 Å². The van der Waals surface area contributed by atoms with Crippen LogP contribution in [0.25, 0.3) is 0 Å². The van der Waals surface area contributed by atoms with Crippen molar-refractivity contribution in [2.24, 2.45) is 11.8 Å². The van der Waals surface area contributed by atoms with E-state index in [1.165, 1.54) is 35.3 Å². The van der Waals surface area contributed by atoms with Gasteiger partial charge in [0.15, 0.2) is 0 Å². The van der Waals surface area contributed by atoms with Crippen LogP contribution >= 0.6 is 23.2 Å². The van der Waals surface area contributed by atoms with Crippen molar-refractivity contribution in [1.82, 2.24) is 4.90 Å². The Bertz CT molecular complexity index is 1810. The summed E-state index contributed by atoms with van der Waals surface area (Å²) in [5.41, 5.74) is 0.699. The maximum absolute atomic E-state index is 16.8. The lowest BCUT2D eigenvalue weighted by molar-refractivity contribution is -0.129. The number of carboxylic acid groups (broad SMARTS) is 1. The number of nitrogens with zero attached hydrogens (tertiary/aromatic N) is 2. The van der Waals surface area contributed by atoms with Gasteiger partial charge >= 0.3 is 5.97 Å². The number of allylic oxidation sites excluding steroid dienone is 4. The third kappa shape index (κ3) is 5.28. The highest BCUT2D eigenvalue weighted by molar-refractivity contribution is 6.31.